The van der Waals surface area contributed by atoms with Crippen LogP contribution in [0.1, 0.15) is 25.9 Å². The summed E-state index contributed by atoms with van der Waals surface area (Å²) in [6.07, 6.45) is 0.273. The minimum atomic E-state index is -1.02. The molecule has 2 aromatic rings. The number of carboxylic acid groups (broad SMARTS) is 1. The lowest BCUT2D eigenvalue weighted by Crippen LogP contribution is -2.43. The maximum atomic E-state index is 12.5. The minimum Gasteiger partial charge on any atom is -0.480 e. The minimum absolute atomic E-state index is 0.273. The zero-order chi connectivity index (χ0) is 16.3. The molecule has 22 heavy (non-hydrogen) atoms. The largest absolute Gasteiger partial charge is 0.480 e. The van der Waals surface area contributed by atoms with E-state index in [1.54, 1.807) is 6.92 Å². The van der Waals surface area contributed by atoms with Gasteiger partial charge in [0, 0.05) is 13.5 Å². The summed E-state index contributed by atoms with van der Waals surface area (Å²) in [4.78, 5) is 30.1. The Labute approximate surface area is 133 Å². The Morgan fingerprint density at radius 3 is 2.41 bits per heavy atom. The average Bonchev–Trinajstić information content (AvgIpc) is 2.82. The topological polar surface area (TPSA) is 70.5 Å². The SMILES string of the molecule is Cc1nc(C)c(C(=O)N(C)C(Cc2ccccc2)C(=O)O)s1. The van der Waals surface area contributed by atoms with Crippen LogP contribution in [0.3, 0.4) is 0 Å². The van der Waals surface area contributed by atoms with Crippen LogP contribution in [0.2, 0.25) is 0 Å². The Balaban J connectivity index is 2.23. The maximum absolute atomic E-state index is 12.5. The van der Waals surface area contributed by atoms with Crippen molar-refractivity contribution in [2.45, 2.75) is 26.3 Å². The summed E-state index contributed by atoms with van der Waals surface area (Å²) in [5.41, 5.74) is 1.52. The lowest BCUT2D eigenvalue weighted by Gasteiger charge is -2.24. The highest BCUT2D eigenvalue weighted by Crippen LogP contribution is 2.20. The second-order valence-electron chi connectivity index (χ2n) is 5.11. The van der Waals surface area contributed by atoms with Crippen molar-refractivity contribution >= 4 is 23.2 Å². The van der Waals surface area contributed by atoms with Gasteiger partial charge in [0.05, 0.1) is 10.7 Å². The number of amides is 1. The van der Waals surface area contributed by atoms with Crippen LogP contribution in [0, 0.1) is 13.8 Å². The number of thiazole rings is 1. The number of carbonyl (C=O) groups excluding carboxylic acids is 1. The van der Waals surface area contributed by atoms with E-state index in [4.69, 9.17) is 0 Å². The fraction of sp³-hybridized carbons (Fsp3) is 0.312. The number of likely N-dealkylation sites (N-methyl/N-ethyl adjacent to an activating group) is 1. The molecule has 1 atom stereocenters. The molecule has 5 nitrogen and oxygen atoms in total. The molecule has 0 aliphatic carbocycles. The van der Waals surface area contributed by atoms with Crippen LogP contribution in [-0.2, 0) is 11.2 Å². The molecule has 1 unspecified atom stereocenters. The van der Waals surface area contributed by atoms with Crippen molar-refractivity contribution in [3.8, 4) is 0 Å². The van der Waals surface area contributed by atoms with Crippen molar-refractivity contribution < 1.29 is 14.7 Å². The highest BCUT2D eigenvalue weighted by Gasteiger charge is 2.29. The number of aromatic nitrogens is 1. The Hall–Kier alpha value is -2.21. The van der Waals surface area contributed by atoms with Crippen LogP contribution in [0.4, 0.5) is 0 Å². The first-order valence-corrected chi connectivity index (χ1v) is 7.69. The van der Waals surface area contributed by atoms with Gasteiger partial charge in [-0.05, 0) is 19.4 Å². The first-order valence-electron chi connectivity index (χ1n) is 6.88. The standard InChI is InChI=1S/C16H18N2O3S/c1-10-14(22-11(2)17-10)15(19)18(3)13(16(20)21)9-12-7-5-4-6-8-12/h4-8,13H,9H2,1-3H3,(H,20,21). The molecule has 1 aromatic heterocycles. The number of hydrogen-bond acceptors (Lipinski definition) is 4. The van der Waals surface area contributed by atoms with Gasteiger partial charge in [-0.2, -0.15) is 0 Å². The lowest BCUT2D eigenvalue weighted by molar-refractivity contribution is -0.141. The highest BCUT2D eigenvalue weighted by molar-refractivity contribution is 7.13. The van der Waals surface area contributed by atoms with Crippen LogP contribution < -0.4 is 0 Å². The summed E-state index contributed by atoms with van der Waals surface area (Å²) in [6, 6.07) is 8.39. The Kier molecular flexibility index (Phi) is 4.92. The van der Waals surface area contributed by atoms with Gasteiger partial charge < -0.3 is 10.0 Å². The number of carboxylic acids is 1. The normalized spacial score (nSPS) is 12.0. The number of rotatable bonds is 5. The van der Waals surface area contributed by atoms with Crippen LogP contribution in [0.5, 0.6) is 0 Å². The van der Waals surface area contributed by atoms with Crippen LogP contribution in [0.15, 0.2) is 30.3 Å². The third-order valence-corrected chi connectivity index (χ3v) is 4.50. The molecule has 2 rings (SSSR count). The molecule has 0 saturated heterocycles. The van der Waals surface area contributed by atoms with E-state index in [-0.39, 0.29) is 12.3 Å². The fourth-order valence-corrected chi connectivity index (χ4v) is 3.16. The summed E-state index contributed by atoms with van der Waals surface area (Å²) in [7, 11) is 1.53. The first-order chi connectivity index (χ1) is 10.4. The molecular formula is C16H18N2O3S. The molecule has 1 heterocycles. The van der Waals surface area contributed by atoms with E-state index in [0.717, 1.165) is 10.6 Å². The summed E-state index contributed by atoms with van der Waals surface area (Å²) in [5, 5.41) is 10.3. The zero-order valence-corrected chi connectivity index (χ0v) is 13.6. The molecular weight excluding hydrogens is 300 g/mol. The molecule has 6 heteroatoms. The van der Waals surface area contributed by atoms with E-state index in [0.29, 0.717) is 10.6 Å². The van der Waals surface area contributed by atoms with E-state index < -0.39 is 12.0 Å². The van der Waals surface area contributed by atoms with E-state index in [9.17, 15) is 14.7 Å². The number of aliphatic carboxylic acids is 1. The molecule has 0 aliphatic rings. The fourth-order valence-electron chi connectivity index (χ4n) is 2.26. The Bertz CT molecular complexity index is 682. The number of benzene rings is 1. The quantitative estimate of drug-likeness (QED) is 0.919. The molecule has 116 valence electrons. The Morgan fingerprint density at radius 2 is 1.91 bits per heavy atom. The molecule has 0 radical (unpaired) electrons. The second kappa shape index (κ2) is 6.70. The van der Waals surface area contributed by atoms with Gasteiger partial charge in [-0.15, -0.1) is 11.3 Å². The average molecular weight is 318 g/mol. The Morgan fingerprint density at radius 1 is 1.27 bits per heavy atom. The first kappa shape index (κ1) is 16.2. The van der Waals surface area contributed by atoms with Gasteiger partial charge in [0.1, 0.15) is 10.9 Å². The van der Waals surface area contributed by atoms with E-state index in [2.05, 4.69) is 4.98 Å². The zero-order valence-electron chi connectivity index (χ0n) is 12.7. The van der Waals surface area contributed by atoms with Gasteiger partial charge in [-0.1, -0.05) is 30.3 Å². The molecule has 0 aliphatic heterocycles. The van der Waals surface area contributed by atoms with Gasteiger partial charge in [-0.3, -0.25) is 4.79 Å². The number of carbonyl (C=O) groups is 2. The predicted molar refractivity (Wildman–Crippen MR) is 85.3 cm³/mol. The number of nitrogens with zero attached hydrogens (tertiary/aromatic N) is 2. The molecule has 1 N–H and O–H groups in total. The summed E-state index contributed by atoms with van der Waals surface area (Å²) < 4.78 is 0. The number of aryl methyl sites for hydroxylation is 2. The van der Waals surface area contributed by atoms with Crippen LogP contribution in [0.25, 0.3) is 0 Å². The van der Waals surface area contributed by atoms with Gasteiger partial charge in [0.15, 0.2) is 0 Å². The van der Waals surface area contributed by atoms with E-state index in [1.165, 1.54) is 23.3 Å². The van der Waals surface area contributed by atoms with E-state index >= 15 is 0 Å². The van der Waals surface area contributed by atoms with Crippen molar-refractivity contribution in [2.75, 3.05) is 7.05 Å². The highest BCUT2D eigenvalue weighted by atomic mass is 32.1. The van der Waals surface area contributed by atoms with Crippen LogP contribution in [-0.4, -0.2) is 40.0 Å². The summed E-state index contributed by atoms with van der Waals surface area (Å²) in [6.45, 7) is 3.59. The van der Waals surface area contributed by atoms with Gasteiger partial charge in [-0.25, -0.2) is 9.78 Å². The van der Waals surface area contributed by atoms with Gasteiger partial charge >= 0.3 is 5.97 Å². The van der Waals surface area contributed by atoms with Crippen molar-refractivity contribution in [1.29, 1.82) is 0 Å². The molecule has 1 amide bonds. The van der Waals surface area contributed by atoms with Gasteiger partial charge in [0.25, 0.3) is 5.91 Å². The van der Waals surface area contributed by atoms with Gasteiger partial charge in [0.2, 0.25) is 0 Å². The van der Waals surface area contributed by atoms with Crippen molar-refractivity contribution in [2.24, 2.45) is 0 Å². The predicted octanol–water partition coefficient (Wildman–Crippen LogP) is 2.53. The molecule has 0 bridgehead atoms. The maximum Gasteiger partial charge on any atom is 0.326 e. The monoisotopic (exact) mass is 318 g/mol. The third-order valence-electron chi connectivity index (χ3n) is 3.44. The summed E-state index contributed by atoms with van der Waals surface area (Å²) >= 11 is 1.29. The molecule has 0 fully saturated rings. The van der Waals surface area contributed by atoms with Crippen molar-refractivity contribution in [3.05, 3.63) is 51.5 Å². The van der Waals surface area contributed by atoms with Crippen LogP contribution >= 0.6 is 11.3 Å². The molecule has 1 aromatic carbocycles. The molecule has 0 spiro atoms. The smallest absolute Gasteiger partial charge is 0.326 e. The van der Waals surface area contributed by atoms with E-state index in [1.807, 2.05) is 37.3 Å². The lowest BCUT2D eigenvalue weighted by atomic mass is 10.0. The summed E-state index contributed by atoms with van der Waals surface area (Å²) in [5.74, 6) is -1.31. The van der Waals surface area contributed by atoms with Crippen molar-refractivity contribution in [3.63, 3.8) is 0 Å². The molecule has 0 saturated carbocycles. The second-order valence-corrected chi connectivity index (χ2v) is 6.31. The third kappa shape index (κ3) is 3.51. The van der Waals surface area contributed by atoms with Crippen molar-refractivity contribution in [1.82, 2.24) is 9.88 Å². The number of hydrogen-bond donors (Lipinski definition) is 1.